The highest BCUT2D eigenvalue weighted by atomic mass is 19.4. The number of H-pyrrole nitrogens is 1. The van der Waals surface area contributed by atoms with Crippen LogP contribution in [0.3, 0.4) is 0 Å². The molecule has 0 amide bonds. The third-order valence-electron chi connectivity index (χ3n) is 4.01. The topological polar surface area (TPSA) is 76.5 Å². The van der Waals surface area contributed by atoms with Crippen molar-refractivity contribution in [2.75, 3.05) is 12.1 Å². The van der Waals surface area contributed by atoms with Crippen LogP contribution in [0.25, 0.3) is 16.8 Å². The second-order valence-electron chi connectivity index (χ2n) is 5.72. The summed E-state index contributed by atoms with van der Waals surface area (Å²) in [4.78, 5) is 8.64. The van der Waals surface area contributed by atoms with Crippen LogP contribution in [0.15, 0.2) is 36.4 Å². The fraction of sp³-hybridized carbons (Fsp3) is 0.125. The lowest BCUT2D eigenvalue weighted by molar-refractivity contribution is -0.137. The zero-order chi connectivity index (χ0) is 17.9. The highest BCUT2D eigenvalue weighted by Gasteiger charge is 2.30. The van der Waals surface area contributed by atoms with Crippen LogP contribution in [-0.4, -0.2) is 26.4 Å². The van der Waals surface area contributed by atoms with E-state index in [4.69, 9.17) is 9.47 Å². The van der Waals surface area contributed by atoms with Crippen molar-refractivity contribution in [1.82, 2.24) is 19.6 Å². The molecule has 2 N–H and O–H groups in total. The second-order valence-corrected chi connectivity index (χ2v) is 5.72. The number of hydrogen-bond donors (Lipinski definition) is 2. The van der Waals surface area contributed by atoms with Crippen LogP contribution in [0.5, 0.6) is 11.5 Å². The van der Waals surface area contributed by atoms with E-state index in [0.29, 0.717) is 28.3 Å². The van der Waals surface area contributed by atoms with Crippen LogP contribution in [0.4, 0.5) is 24.8 Å². The minimum Gasteiger partial charge on any atom is -0.454 e. The summed E-state index contributed by atoms with van der Waals surface area (Å²) in [5.41, 5.74) is 0.906. The first-order chi connectivity index (χ1) is 12.5. The first-order valence-corrected chi connectivity index (χ1v) is 7.59. The van der Waals surface area contributed by atoms with Gasteiger partial charge in [-0.1, -0.05) is 6.07 Å². The van der Waals surface area contributed by atoms with Crippen LogP contribution < -0.4 is 14.8 Å². The summed E-state index contributed by atoms with van der Waals surface area (Å²) in [5, 5.41) is 5.80. The molecular weight excluding hydrogens is 351 g/mol. The van der Waals surface area contributed by atoms with Gasteiger partial charge >= 0.3 is 6.18 Å². The Kier molecular flexibility index (Phi) is 2.88. The molecule has 0 unspecified atom stereocenters. The van der Waals surface area contributed by atoms with Gasteiger partial charge in [-0.05, 0) is 18.2 Å². The molecule has 4 aromatic rings. The number of rotatable bonds is 2. The summed E-state index contributed by atoms with van der Waals surface area (Å²) in [6.07, 6.45) is -4.41. The van der Waals surface area contributed by atoms with Crippen LogP contribution in [-0.2, 0) is 6.18 Å². The van der Waals surface area contributed by atoms with Gasteiger partial charge in [0, 0.05) is 17.8 Å². The SMILES string of the molecule is FC(F)(F)c1cccc(Nc2nc3nc4cc5c(cc4n3[nH]2)OCO5)c1. The number of aromatic amines is 1. The van der Waals surface area contributed by atoms with Crippen LogP contribution in [0.2, 0.25) is 0 Å². The molecule has 0 bridgehead atoms. The maximum Gasteiger partial charge on any atom is 0.416 e. The molecule has 0 radical (unpaired) electrons. The molecular formula is C16H10F3N5O2. The molecule has 1 aliphatic heterocycles. The molecule has 5 rings (SSSR count). The molecule has 0 saturated carbocycles. The van der Waals surface area contributed by atoms with Gasteiger partial charge in [-0.25, -0.2) is 9.50 Å². The molecule has 7 nitrogen and oxygen atoms in total. The van der Waals surface area contributed by atoms with E-state index in [0.717, 1.165) is 12.1 Å². The molecule has 2 aromatic heterocycles. The first kappa shape index (κ1) is 14.9. The Morgan fingerprint density at radius 2 is 1.88 bits per heavy atom. The summed E-state index contributed by atoms with van der Waals surface area (Å²) in [6.45, 7) is 0.154. The number of benzene rings is 2. The minimum absolute atomic E-state index is 0.154. The minimum atomic E-state index is -4.41. The smallest absolute Gasteiger partial charge is 0.416 e. The van der Waals surface area contributed by atoms with E-state index in [1.54, 1.807) is 16.6 Å². The number of nitrogens with zero attached hydrogens (tertiary/aromatic N) is 3. The monoisotopic (exact) mass is 361 g/mol. The van der Waals surface area contributed by atoms with Crippen molar-refractivity contribution in [3.8, 4) is 11.5 Å². The number of alkyl halides is 3. The van der Waals surface area contributed by atoms with Crippen LogP contribution in [0.1, 0.15) is 5.56 Å². The third kappa shape index (κ3) is 2.30. The van der Waals surface area contributed by atoms with Crippen molar-refractivity contribution in [1.29, 1.82) is 0 Å². The van der Waals surface area contributed by atoms with Crippen molar-refractivity contribution in [3.05, 3.63) is 42.0 Å². The molecule has 1 aliphatic rings. The molecule has 3 heterocycles. The van der Waals surface area contributed by atoms with Crippen molar-refractivity contribution in [2.45, 2.75) is 6.18 Å². The highest BCUT2D eigenvalue weighted by Crippen LogP contribution is 2.36. The Morgan fingerprint density at radius 1 is 1.08 bits per heavy atom. The van der Waals surface area contributed by atoms with Gasteiger partial charge in [-0.2, -0.15) is 18.2 Å². The summed E-state index contributed by atoms with van der Waals surface area (Å²) in [6, 6.07) is 8.40. The fourth-order valence-electron chi connectivity index (χ4n) is 2.84. The lowest BCUT2D eigenvalue weighted by Gasteiger charge is -2.08. The molecule has 132 valence electrons. The Hall–Kier alpha value is -3.43. The van der Waals surface area contributed by atoms with Gasteiger partial charge in [0.1, 0.15) is 0 Å². The normalized spacial score (nSPS) is 13.7. The summed E-state index contributed by atoms with van der Waals surface area (Å²) >= 11 is 0. The average Bonchev–Trinajstić information content (AvgIpc) is 3.26. The van der Waals surface area contributed by atoms with Crippen molar-refractivity contribution >= 4 is 28.4 Å². The number of fused-ring (bicyclic) bond motifs is 4. The number of anilines is 2. The summed E-state index contributed by atoms with van der Waals surface area (Å²) < 4.78 is 50.7. The quantitative estimate of drug-likeness (QED) is 0.569. The Labute approximate surface area is 143 Å². The van der Waals surface area contributed by atoms with Gasteiger partial charge in [0.05, 0.1) is 16.6 Å². The van der Waals surface area contributed by atoms with Crippen molar-refractivity contribution in [3.63, 3.8) is 0 Å². The number of halogens is 3. The molecule has 0 atom stereocenters. The molecule has 0 aliphatic carbocycles. The molecule has 0 saturated heterocycles. The zero-order valence-electron chi connectivity index (χ0n) is 13.0. The van der Waals surface area contributed by atoms with E-state index >= 15 is 0 Å². The molecule has 10 heteroatoms. The number of nitrogens with one attached hydrogen (secondary N) is 2. The standard InChI is InChI=1S/C16H10F3N5O2/c17-16(18,19)8-2-1-3-9(4-8)20-14-22-15-21-10-5-12-13(26-7-25-12)6-11(10)24(15)23-14/h1-6H,7H2,(H2,20,21,22,23). The summed E-state index contributed by atoms with van der Waals surface area (Å²) in [7, 11) is 0. The van der Waals surface area contributed by atoms with E-state index in [-0.39, 0.29) is 18.4 Å². The number of ether oxygens (including phenoxy) is 2. The second kappa shape index (κ2) is 5.04. The van der Waals surface area contributed by atoms with E-state index in [2.05, 4.69) is 20.4 Å². The lowest BCUT2D eigenvalue weighted by atomic mass is 10.2. The van der Waals surface area contributed by atoms with Crippen LogP contribution in [0, 0.1) is 0 Å². The van der Waals surface area contributed by atoms with Crippen LogP contribution >= 0.6 is 0 Å². The molecule has 0 spiro atoms. The number of hydrogen-bond acceptors (Lipinski definition) is 5. The average molecular weight is 361 g/mol. The van der Waals surface area contributed by atoms with Gasteiger partial charge < -0.3 is 14.8 Å². The predicted molar refractivity (Wildman–Crippen MR) is 85.7 cm³/mol. The fourth-order valence-corrected chi connectivity index (χ4v) is 2.84. The zero-order valence-corrected chi connectivity index (χ0v) is 13.0. The Bertz CT molecular complexity index is 1150. The first-order valence-electron chi connectivity index (χ1n) is 7.59. The Balaban J connectivity index is 1.52. The van der Waals surface area contributed by atoms with Gasteiger partial charge in [-0.3, -0.25) is 5.10 Å². The van der Waals surface area contributed by atoms with Gasteiger partial charge in [0.15, 0.2) is 11.5 Å². The maximum absolute atomic E-state index is 12.8. The largest absolute Gasteiger partial charge is 0.454 e. The van der Waals surface area contributed by atoms with E-state index in [1.807, 2.05) is 0 Å². The van der Waals surface area contributed by atoms with Gasteiger partial charge in [-0.15, -0.1) is 0 Å². The van der Waals surface area contributed by atoms with E-state index < -0.39 is 11.7 Å². The van der Waals surface area contributed by atoms with Crippen molar-refractivity contribution < 1.29 is 22.6 Å². The highest BCUT2D eigenvalue weighted by molar-refractivity contribution is 5.83. The van der Waals surface area contributed by atoms with Crippen molar-refractivity contribution in [2.24, 2.45) is 0 Å². The molecule has 26 heavy (non-hydrogen) atoms. The van der Waals surface area contributed by atoms with E-state index in [9.17, 15) is 13.2 Å². The molecule has 2 aromatic carbocycles. The summed E-state index contributed by atoms with van der Waals surface area (Å²) in [5.74, 6) is 1.85. The molecule has 0 fully saturated rings. The van der Waals surface area contributed by atoms with E-state index in [1.165, 1.54) is 12.1 Å². The Morgan fingerprint density at radius 3 is 2.69 bits per heavy atom. The predicted octanol–water partition coefficient (Wildman–Crippen LogP) is 3.70. The van der Waals surface area contributed by atoms with Gasteiger partial charge in [0.25, 0.3) is 5.78 Å². The number of imidazole rings is 1. The third-order valence-corrected chi connectivity index (χ3v) is 4.01. The van der Waals surface area contributed by atoms with Gasteiger partial charge in [0.2, 0.25) is 12.7 Å². The number of aromatic nitrogens is 4. The lowest BCUT2D eigenvalue weighted by Crippen LogP contribution is -2.05. The maximum atomic E-state index is 12.8.